The van der Waals surface area contributed by atoms with Crippen LogP contribution in [0.15, 0.2) is 48.5 Å². The van der Waals surface area contributed by atoms with E-state index in [1.54, 1.807) is 12.1 Å². The molecule has 0 bridgehead atoms. The van der Waals surface area contributed by atoms with Crippen molar-refractivity contribution in [1.29, 1.82) is 0 Å². The minimum absolute atomic E-state index is 0.00725. The van der Waals surface area contributed by atoms with Gasteiger partial charge in [0.2, 0.25) is 0 Å². The molecule has 2 aromatic rings. The number of benzene rings is 2. The lowest BCUT2D eigenvalue weighted by atomic mass is 9.81. The zero-order valence-corrected chi connectivity index (χ0v) is 14.0. The summed E-state index contributed by atoms with van der Waals surface area (Å²) in [6, 6.07) is 15.1. The highest BCUT2D eigenvalue weighted by Gasteiger charge is 2.40. The molecule has 1 aliphatic carbocycles. The highest BCUT2D eigenvalue weighted by atomic mass is 35.5. The van der Waals surface area contributed by atoms with E-state index in [9.17, 15) is 9.59 Å². The first-order valence-corrected chi connectivity index (χ1v) is 8.75. The number of nitrogens with zero attached hydrogens (tertiary/aromatic N) is 1. The van der Waals surface area contributed by atoms with Gasteiger partial charge in [0.15, 0.2) is 0 Å². The molecule has 0 spiro atoms. The predicted octanol–water partition coefficient (Wildman–Crippen LogP) is 4.66. The van der Waals surface area contributed by atoms with Crippen LogP contribution in [0, 0.1) is 0 Å². The van der Waals surface area contributed by atoms with Crippen LogP contribution >= 0.6 is 11.6 Å². The summed E-state index contributed by atoms with van der Waals surface area (Å²) in [5.41, 5.74) is 2.34. The molecule has 0 aromatic heterocycles. The van der Waals surface area contributed by atoms with Gasteiger partial charge in [0.1, 0.15) is 0 Å². The summed E-state index contributed by atoms with van der Waals surface area (Å²) in [5, 5.41) is 0.759. The summed E-state index contributed by atoms with van der Waals surface area (Å²) >= 11 is 6.09. The molecule has 2 amide bonds. The molecule has 3 nitrogen and oxygen atoms in total. The average molecular weight is 340 g/mol. The Hall–Kier alpha value is -2.13. The standard InChI is InChI=1S/C20H18ClNO2/c21-15-5-3-4-14(12-15)13-8-10-16(11-9-13)22-19(23)17-6-1-2-7-18(17)20(22)24/h1-7,12-13,16H,8-11H2. The number of carbonyl (C=O) groups excluding carboxylic acids is 2. The second-order valence-electron chi connectivity index (χ2n) is 6.59. The molecular weight excluding hydrogens is 322 g/mol. The maximum atomic E-state index is 12.6. The number of imide groups is 1. The van der Waals surface area contributed by atoms with Crippen molar-refractivity contribution >= 4 is 23.4 Å². The fourth-order valence-corrected chi connectivity index (χ4v) is 4.17. The maximum absolute atomic E-state index is 12.6. The van der Waals surface area contributed by atoms with E-state index in [1.807, 2.05) is 30.3 Å². The Balaban J connectivity index is 1.49. The Morgan fingerprint density at radius 1 is 0.833 bits per heavy atom. The van der Waals surface area contributed by atoms with Crippen LogP contribution < -0.4 is 0 Å². The van der Waals surface area contributed by atoms with Gasteiger partial charge in [-0.1, -0.05) is 35.9 Å². The molecule has 4 rings (SSSR count). The van der Waals surface area contributed by atoms with E-state index >= 15 is 0 Å². The lowest BCUT2D eigenvalue weighted by Gasteiger charge is -2.33. The number of rotatable bonds is 2. The predicted molar refractivity (Wildman–Crippen MR) is 93.4 cm³/mol. The number of fused-ring (bicyclic) bond motifs is 1. The monoisotopic (exact) mass is 339 g/mol. The molecule has 24 heavy (non-hydrogen) atoms. The molecule has 1 saturated carbocycles. The van der Waals surface area contributed by atoms with Crippen LogP contribution in [0.3, 0.4) is 0 Å². The first-order valence-electron chi connectivity index (χ1n) is 8.37. The van der Waals surface area contributed by atoms with E-state index in [-0.39, 0.29) is 17.9 Å². The van der Waals surface area contributed by atoms with E-state index in [0.717, 1.165) is 30.7 Å². The lowest BCUT2D eigenvalue weighted by Crippen LogP contribution is -2.41. The van der Waals surface area contributed by atoms with Crippen molar-refractivity contribution in [2.75, 3.05) is 0 Å². The van der Waals surface area contributed by atoms with E-state index in [4.69, 9.17) is 11.6 Å². The van der Waals surface area contributed by atoms with Gasteiger partial charge < -0.3 is 0 Å². The second-order valence-corrected chi connectivity index (χ2v) is 7.02. The van der Waals surface area contributed by atoms with Crippen LogP contribution in [0.25, 0.3) is 0 Å². The van der Waals surface area contributed by atoms with Crippen molar-refractivity contribution < 1.29 is 9.59 Å². The second kappa shape index (κ2) is 6.06. The molecule has 4 heteroatoms. The summed E-state index contributed by atoms with van der Waals surface area (Å²) in [5.74, 6) is 0.179. The van der Waals surface area contributed by atoms with Gasteiger partial charge in [0, 0.05) is 11.1 Å². The van der Waals surface area contributed by atoms with E-state index in [0.29, 0.717) is 17.0 Å². The zero-order valence-electron chi connectivity index (χ0n) is 13.2. The first kappa shape index (κ1) is 15.4. The molecule has 2 aliphatic rings. The van der Waals surface area contributed by atoms with Gasteiger partial charge >= 0.3 is 0 Å². The van der Waals surface area contributed by atoms with E-state index < -0.39 is 0 Å². The van der Waals surface area contributed by atoms with Gasteiger partial charge in [-0.2, -0.15) is 0 Å². The molecule has 1 aliphatic heterocycles. The van der Waals surface area contributed by atoms with Crippen molar-refractivity contribution in [2.45, 2.75) is 37.6 Å². The minimum atomic E-state index is -0.137. The molecule has 0 unspecified atom stereocenters. The molecular formula is C20H18ClNO2. The average Bonchev–Trinajstić information content (AvgIpc) is 2.87. The van der Waals surface area contributed by atoms with Gasteiger partial charge in [-0.05, 0) is 61.4 Å². The van der Waals surface area contributed by atoms with Gasteiger partial charge in [-0.25, -0.2) is 0 Å². The van der Waals surface area contributed by atoms with Crippen LogP contribution in [0.1, 0.15) is 57.9 Å². The summed E-state index contributed by atoms with van der Waals surface area (Å²) in [6.45, 7) is 0. The molecule has 2 aromatic carbocycles. The summed E-state index contributed by atoms with van der Waals surface area (Å²) < 4.78 is 0. The Kier molecular flexibility index (Phi) is 3.89. The molecule has 122 valence electrons. The van der Waals surface area contributed by atoms with Gasteiger partial charge in [0.25, 0.3) is 11.8 Å². The third kappa shape index (κ3) is 2.53. The normalized spacial score (nSPS) is 23.5. The third-order valence-corrected chi connectivity index (χ3v) is 5.44. The molecule has 1 heterocycles. The Morgan fingerprint density at radius 2 is 1.46 bits per heavy atom. The topological polar surface area (TPSA) is 37.4 Å². The van der Waals surface area contributed by atoms with Gasteiger partial charge in [-0.15, -0.1) is 0 Å². The molecule has 0 radical (unpaired) electrons. The summed E-state index contributed by atoms with van der Waals surface area (Å²) in [7, 11) is 0. The van der Waals surface area contributed by atoms with Crippen molar-refractivity contribution in [1.82, 2.24) is 4.90 Å². The Labute approximate surface area is 146 Å². The van der Waals surface area contributed by atoms with Crippen molar-refractivity contribution in [2.24, 2.45) is 0 Å². The fourth-order valence-electron chi connectivity index (χ4n) is 3.97. The van der Waals surface area contributed by atoms with Crippen LogP contribution in [0.4, 0.5) is 0 Å². The number of hydrogen-bond acceptors (Lipinski definition) is 2. The molecule has 0 saturated heterocycles. The maximum Gasteiger partial charge on any atom is 0.261 e. The van der Waals surface area contributed by atoms with Crippen LogP contribution in [0.2, 0.25) is 5.02 Å². The van der Waals surface area contributed by atoms with Crippen molar-refractivity contribution in [3.63, 3.8) is 0 Å². The Bertz CT molecular complexity index is 774. The zero-order chi connectivity index (χ0) is 16.7. The number of hydrogen-bond donors (Lipinski definition) is 0. The number of halogens is 1. The fraction of sp³-hybridized carbons (Fsp3) is 0.300. The molecule has 0 atom stereocenters. The largest absolute Gasteiger partial charge is 0.271 e. The number of amides is 2. The SMILES string of the molecule is O=C1c2ccccc2C(=O)N1C1CCC(c2cccc(Cl)c2)CC1. The quantitative estimate of drug-likeness (QED) is 0.746. The van der Waals surface area contributed by atoms with Crippen LogP contribution in [0.5, 0.6) is 0 Å². The van der Waals surface area contributed by atoms with Gasteiger partial charge in [0.05, 0.1) is 11.1 Å². The minimum Gasteiger partial charge on any atom is -0.271 e. The van der Waals surface area contributed by atoms with Crippen LogP contribution in [-0.4, -0.2) is 22.8 Å². The molecule has 1 fully saturated rings. The van der Waals surface area contributed by atoms with Crippen molar-refractivity contribution in [3.05, 3.63) is 70.2 Å². The van der Waals surface area contributed by atoms with Crippen LogP contribution in [-0.2, 0) is 0 Å². The smallest absolute Gasteiger partial charge is 0.261 e. The highest BCUT2D eigenvalue weighted by molar-refractivity contribution is 6.30. The lowest BCUT2D eigenvalue weighted by molar-refractivity contribution is 0.0542. The van der Waals surface area contributed by atoms with E-state index in [1.165, 1.54) is 10.5 Å². The summed E-state index contributed by atoms with van der Waals surface area (Å²) in [6.07, 6.45) is 3.64. The Morgan fingerprint density at radius 3 is 2.04 bits per heavy atom. The third-order valence-electron chi connectivity index (χ3n) is 5.21. The van der Waals surface area contributed by atoms with Gasteiger partial charge in [-0.3, -0.25) is 14.5 Å². The first-order chi connectivity index (χ1) is 11.6. The summed E-state index contributed by atoms with van der Waals surface area (Å²) in [4.78, 5) is 26.7. The highest BCUT2D eigenvalue weighted by Crippen LogP contribution is 2.37. The van der Waals surface area contributed by atoms with E-state index in [2.05, 4.69) is 6.07 Å². The number of carbonyl (C=O) groups is 2. The van der Waals surface area contributed by atoms with Crippen molar-refractivity contribution in [3.8, 4) is 0 Å². The molecule has 0 N–H and O–H groups in total.